The first-order valence-electron chi connectivity index (χ1n) is 11.8. The summed E-state index contributed by atoms with van der Waals surface area (Å²) >= 11 is 0. The predicted molar refractivity (Wildman–Crippen MR) is 116 cm³/mol. The van der Waals surface area contributed by atoms with Gasteiger partial charge >= 0.3 is 0 Å². The molecular formula is C25H44N2. The standard InChI is InChI=1S/C25H44N2/c1-8-22-18(3)27(7)16-25(22)14-12-23-21(17(25)2)10-9-19-15-20(26(5)6)11-13-24(19,23)4/h9,17-18,20-23H,8,10-16H2,1-7H3. The van der Waals surface area contributed by atoms with Gasteiger partial charge in [0.2, 0.25) is 0 Å². The molecule has 0 N–H and O–H groups in total. The van der Waals surface area contributed by atoms with E-state index in [0.717, 1.165) is 35.8 Å². The molecule has 4 rings (SSSR count). The molecule has 3 fully saturated rings. The Morgan fingerprint density at radius 3 is 2.59 bits per heavy atom. The van der Waals surface area contributed by atoms with Gasteiger partial charge in [-0.2, -0.15) is 0 Å². The lowest BCUT2D eigenvalue weighted by Gasteiger charge is -2.59. The van der Waals surface area contributed by atoms with Crippen molar-refractivity contribution in [1.29, 1.82) is 0 Å². The van der Waals surface area contributed by atoms with Crippen LogP contribution in [-0.2, 0) is 0 Å². The molecule has 0 aromatic rings. The Morgan fingerprint density at radius 1 is 1.19 bits per heavy atom. The summed E-state index contributed by atoms with van der Waals surface area (Å²) in [5.74, 6) is 3.60. The van der Waals surface area contributed by atoms with E-state index in [0.29, 0.717) is 10.8 Å². The van der Waals surface area contributed by atoms with Crippen molar-refractivity contribution in [2.75, 3.05) is 27.7 Å². The highest BCUT2D eigenvalue weighted by Crippen LogP contribution is 2.64. The Hall–Kier alpha value is -0.340. The SMILES string of the molecule is CCC1C(C)N(C)CC12CCC1C(CC=C3CC(N(C)C)CCC31C)C2C. The van der Waals surface area contributed by atoms with Gasteiger partial charge in [-0.25, -0.2) is 0 Å². The summed E-state index contributed by atoms with van der Waals surface area (Å²) in [7, 11) is 6.92. The molecule has 8 unspecified atom stereocenters. The second-order valence-electron chi connectivity index (χ2n) is 11.2. The molecule has 3 aliphatic carbocycles. The van der Waals surface area contributed by atoms with Crippen LogP contribution >= 0.6 is 0 Å². The molecule has 1 heterocycles. The molecule has 1 saturated heterocycles. The molecule has 4 aliphatic rings. The molecule has 2 heteroatoms. The van der Waals surface area contributed by atoms with Gasteiger partial charge in [0.1, 0.15) is 0 Å². The molecule has 0 bridgehead atoms. The Balaban J connectivity index is 1.62. The third-order valence-corrected chi connectivity index (χ3v) is 10.4. The maximum absolute atomic E-state index is 2.72. The number of likely N-dealkylation sites (tertiary alicyclic amines) is 1. The number of fused-ring (bicyclic) bond motifs is 3. The van der Waals surface area contributed by atoms with Gasteiger partial charge in [-0.15, -0.1) is 0 Å². The minimum absolute atomic E-state index is 0.489. The Bertz CT molecular complexity index is 595. The summed E-state index contributed by atoms with van der Waals surface area (Å²) in [5.41, 5.74) is 2.89. The van der Waals surface area contributed by atoms with Crippen LogP contribution in [0, 0.1) is 34.5 Å². The highest BCUT2D eigenvalue weighted by molar-refractivity contribution is 5.26. The predicted octanol–water partition coefficient (Wildman–Crippen LogP) is 5.45. The van der Waals surface area contributed by atoms with Crippen molar-refractivity contribution in [3.05, 3.63) is 11.6 Å². The van der Waals surface area contributed by atoms with Crippen LogP contribution in [0.2, 0.25) is 0 Å². The van der Waals surface area contributed by atoms with Gasteiger partial charge in [0.05, 0.1) is 0 Å². The lowest BCUT2D eigenvalue weighted by molar-refractivity contribution is -0.0606. The van der Waals surface area contributed by atoms with Crippen molar-refractivity contribution < 1.29 is 0 Å². The van der Waals surface area contributed by atoms with Crippen molar-refractivity contribution in [2.24, 2.45) is 34.5 Å². The minimum atomic E-state index is 0.489. The number of allylic oxidation sites excluding steroid dienone is 1. The second kappa shape index (κ2) is 6.87. The largest absolute Gasteiger partial charge is 0.306 e. The van der Waals surface area contributed by atoms with E-state index in [2.05, 4.69) is 64.7 Å². The fourth-order valence-corrected chi connectivity index (χ4v) is 8.48. The average molecular weight is 373 g/mol. The summed E-state index contributed by atoms with van der Waals surface area (Å²) in [6.45, 7) is 11.6. The van der Waals surface area contributed by atoms with Gasteiger partial charge in [0.15, 0.2) is 0 Å². The third-order valence-electron chi connectivity index (χ3n) is 10.4. The van der Waals surface area contributed by atoms with E-state index in [1.807, 2.05) is 5.57 Å². The quantitative estimate of drug-likeness (QED) is 0.595. The molecule has 0 amide bonds. The molecule has 1 spiro atoms. The van der Waals surface area contributed by atoms with Gasteiger partial charge in [-0.05, 0) is 101 Å². The Morgan fingerprint density at radius 2 is 1.93 bits per heavy atom. The van der Waals surface area contributed by atoms with Gasteiger partial charge in [-0.3, -0.25) is 0 Å². The molecule has 1 aliphatic heterocycles. The van der Waals surface area contributed by atoms with Crippen LogP contribution in [0.5, 0.6) is 0 Å². The van der Waals surface area contributed by atoms with E-state index < -0.39 is 0 Å². The molecule has 2 saturated carbocycles. The monoisotopic (exact) mass is 372 g/mol. The van der Waals surface area contributed by atoms with E-state index in [4.69, 9.17) is 0 Å². The van der Waals surface area contributed by atoms with E-state index in [1.54, 1.807) is 0 Å². The summed E-state index contributed by atoms with van der Waals surface area (Å²) in [4.78, 5) is 5.14. The van der Waals surface area contributed by atoms with Crippen LogP contribution in [0.25, 0.3) is 0 Å². The maximum Gasteiger partial charge on any atom is 0.0127 e. The first kappa shape index (κ1) is 20.0. The summed E-state index contributed by atoms with van der Waals surface area (Å²) in [6, 6.07) is 1.52. The number of hydrogen-bond donors (Lipinski definition) is 0. The van der Waals surface area contributed by atoms with Crippen LogP contribution in [0.3, 0.4) is 0 Å². The first-order valence-corrected chi connectivity index (χ1v) is 11.8. The first-order chi connectivity index (χ1) is 12.7. The fourth-order valence-electron chi connectivity index (χ4n) is 8.48. The highest BCUT2D eigenvalue weighted by atomic mass is 15.2. The van der Waals surface area contributed by atoms with Crippen LogP contribution in [-0.4, -0.2) is 49.6 Å². The van der Waals surface area contributed by atoms with Crippen molar-refractivity contribution in [3.63, 3.8) is 0 Å². The topological polar surface area (TPSA) is 6.48 Å². The average Bonchev–Trinajstić information content (AvgIpc) is 2.87. The number of nitrogens with zero attached hydrogens (tertiary/aromatic N) is 2. The molecular weight excluding hydrogens is 328 g/mol. The zero-order valence-corrected chi connectivity index (χ0v) is 19.1. The van der Waals surface area contributed by atoms with E-state index in [9.17, 15) is 0 Å². The van der Waals surface area contributed by atoms with Crippen LogP contribution in [0.1, 0.15) is 72.6 Å². The zero-order chi connectivity index (χ0) is 19.6. The number of rotatable bonds is 2. The third kappa shape index (κ3) is 2.80. The van der Waals surface area contributed by atoms with Gasteiger partial charge in [0.25, 0.3) is 0 Å². The lowest BCUT2D eigenvalue weighted by Crippen LogP contribution is -2.53. The number of hydrogen-bond acceptors (Lipinski definition) is 2. The molecule has 0 radical (unpaired) electrons. The molecule has 2 nitrogen and oxygen atoms in total. The van der Waals surface area contributed by atoms with E-state index >= 15 is 0 Å². The van der Waals surface area contributed by atoms with Crippen molar-refractivity contribution in [3.8, 4) is 0 Å². The Labute approximate surface area is 168 Å². The van der Waals surface area contributed by atoms with E-state index in [-0.39, 0.29) is 0 Å². The van der Waals surface area contributed by atoms with E-state index in [1.165, 1.54) is 51.5 Å². The van der Waals surface area contributed by atoms with Crippen LogP contribution in [0.15, 0.2) is 11.6 Å². The summed E-state index contributed by atoms with van der Waals surface area (Å²) in [5, 5.41) is 0. The molecule has 27 heavy (non-hydrogen) atoms. The van der Waals surface area contributed by atoms with Crippen LogP contribution in [0.4, 0.5) is 0 Å². The maximum atomic E-state index is 2.72. The molecule has 0 aromatic heterocycles. The molecule has 8 atom stereocenters. The zero-order valence-electron chi connectivity index (χ0n) is 19.1. The summed E-state index contributed by atoms with van der Waals surface area (Å²) < 4.78 is 0. The van der Waals surface area contributed by atoms with Crippen LogP contribution < -0.4 is 0 Å². The molecule has 154 valence electrons. The highest BCUT2D eigenvalue weighted by Gasteiger charge is 2.59. The lowest BCUT2D eigenvalue weighted by atomic mass is 9.45. The fraction of sp³-hybridized carbons (Fsp3) is 0.920. The van der Waals surface area contributed by atoms with Gasteiger partial charge in [0, 0.05) is 18.6 Å². The molecule has 0 aromatic carbocycles. The minimum Gasteiger partial charge on any atom is -0.306 e. The van der Waals surface area contributed by atoms with Crippen molar-refractivity contribution in [2.45, 2.75) is 84.7 Å². The normalized spacial score (nSPS) is 50.6. The van der Waals surface area contributed by atoms with Gasteiger partial charge < -0.3 is 9.80 Å². The second-order valence-corrected chi connectivity index (χ2v) is 11.2. The summed E-state index contributed by atoms with van der Waals surface area (Å²) in [6.07, 6.45) is 12.5. The van der Waals surface area contributed by atoms with Crippen molar-refractivity contribution in [1.82, 2.24) is 9.80 Å². The van der Waals surface area contributed by atoms with Crippen molar-refractivity contribution >= 4 is 0 Å². The van der Waals surface area contributed by atoms with Gasteiger partial charge in [-0.1, -0.05) is 38.8 Å². The Kier molecular flexibility index (Phi) is 5.08. The smallest absolute Gasteiger partial charge is 0.0127 e.